The summed E-state index contributed by atoms with van der Waals surface area (Å²) in [5.41, 5.74) is -0.818. The zero-order valence-corrected chi connectivity index (χ0v) is 14.1. The van der Waals surface area contributed by atoms with Gasteiger partial charge in [-0.25, -0.2) is 0 Å². The maximum absolute atomic E-state index is 11.9. The van der Waals surface area contributed by atoms with E-state index in [9.17, 15) is 19.8 Å². The van der Waals surface area contributed by atoms with Crippen LogP contribution >= 0.6 is 0 Å². The largest absolute Gasteiger partial charge is 0.462 e. The van der Waals surface area contributed by atoms with E-state index in [0.29, 0.717) is 12.8 Å². The molecule has 3 aliphatic rings. The summed E-state index contributed by atoms with van der Waals surface area (Å²) in [6, 6.07) is 0. The smallest absolute Gasteiger partial charge is 0.309 e. The molecule has 2 aliphatic carbocycles. The van der Waals surface area contributed by atoms with Gasteiger partial charge in [0.2, 0.25) is 0 Å². The van der Waals surface area contributed by atoms with Crippen molar-refractivity contribution in [3.8, 4) is 0 Å². The molecule has 6 nitrogen and oxygen atoms in total. The maximum atomic E-state index is 11.9. The van der Waals surface area contributed by atoms with Gasteiger partial charge in [-0.2, -0.15) is 0 Å². The van der Waals surface area contributed by atoms with Crippen molar-refractivity contribution in [3.63, 3.8) is 0 Å². The third-order valence-corrected chi connectivity index (χ3v) is 6.47. The van der Waals surface area contributed by atoms with E-state index in [1.807, 2.05) is 13.8 Å². The van der Waals surface area contributed by atoms with E-state index in [-0.39, 0.29) is 35.8 Å². The van der Waals surface area contributed by atoms with Gasteiger partial charge < -0.3 is 19.7 Å². The first-order chi connectivity index (χ1) is 10.7. The summed E-state index contributed by atoms with van der Waals surface area (Å²) in [5, 5.41) is 21.8. The van der Waals surface area contributed by atoms with Crippen LogP contribution in [0.15, 0.2) is 0 Å². The average Bonchev–Trinajstić information content (AvgIpc) is 2.81. The molecule has 3 fully saturated rings. The Kier molecular flexibility index (Phi) is 3.96. The highest BCUT2D eigenvalue weighted by Crippen LogP contribution is 2.57. The first kappa shape index (κ1) is 16.7. The molecule has 0 aromatic heterocycles. The number of rotatable bonds is 1. The lowest BCUT2D eigenvalue weighted by molar-refractivity contribution is -0.152. The summed E-state index contributed by atoms with van der Waals surface area (Å²) in [5.74, 6) is -1.48. The number of esters is 2. The van der Waals surface area contributed by atoms with Crippen molar-refractivity contribution in [2.75, 3.05) is 0 Å². The van der Waals surface area contributed by atoms with Gasteiger partial charge in [0.05, 0.1) is 18.1 Å². The minimum absolute atomic E-state index is 0.0595. The molecular weight excluding hydrogens is 300 g/mol. The highest BCUT2D eigenvalue weighted by Gasteiger charge is 2.65. The fraction of sp³-hybridized carbons (Fsp3) is 0.882. The van der Waals surface area contributed by atoms with Gasteiger partial charge in [0.1, 0.15) is 12.2 Å². The van der Waals surface area contributed by atoms with Crippen LogP contribution in [0.1, 0.15) is 40.5 Å². The SMILES string of the molecule is CC(=O)O[C@H]1C[C@@H](O)[C@]2(C)[C@@H]1[C@H](C)C[C@H]1OC(=O)[C@@H](C)[C@H]1[C@@H]2O. The fourth-order valence-electron chi connectivity index (χ4n) is 5.38. The van der Waals surface area contributed by atoms with Crippen LogP contribution in [0, 0.1) is 29.1 Å². The van der Waals surface area contributed by atoms with Crippen LogP contribution in [0.5, 0.6) is 0 Å². The van der Waals surface area contributed by atoms with Gasteiger partial charge in [0.15, 0.2) is 0 Å². The molecule has 1 saturated heterocycles. The van der Waals surface area contributed by atoms with Crippen LogP contribution in [0.25, 0.3) is 0 Å². The van der Waals surface area contributed by atoms with Crippen molar-refractivity contribution < 1.29 is 29.3 Å². The number of aliphatic hydroxyl groups is 2. The lowest BCUT2D eigenvalue weighted by Crippen LogP contribution is -2.50. The highest BCUT2D eigenvalue weighted by atomic mass is 16.6. The minimum atomic E-state index is -0.876. The number of fused-ring (bicyclic) bond motifs is 2. The van der Waals surface area contributed by atoms with Crippen LogP contribution < -0.4 is 0 Å². The summed E-state index contributed by atoms with van der Waals surface area (Å²) >= 11 is 0. The van der Waals surface area contributed by atoms with Crippen molar-refractivity contribution in [2.24, 2.45) is 29.1 Å². The Balaban J connectivity index is 2.00. The zero-order chi connectivity index (χ0) is 17.1. The van der Waals surface area contributed by atoms with E-state index in [2.05, 4.69) is 0 Å². The Bertz CT molecular complexity index is 519. The minimum Gasteiger partial charge on any atom is -0.462 e. The zero-order valence-electron chi connectivity index (χ0n) is 14.1. The van der Waals surface area contributed by atoms with Crippen molar-refractivity contribution in [2.45, 2.75) is 65.0 Å². The topological polar surface area (TPSA) is 93.1 Å². The number of aliphatic hydroxyl groups excluding tert-OH is 2. The van der Waals surface area contributed by atoms with E-state index < -0.39 is 29.6 Å². The second kappa shape index (κ2) is 5.45. The normalized spacial score (nSPS) is 52.3. The molecule has 0 unspecified atom stereocenters. The van der Waals surface area contributed by atoms with Crippen molar-refractivity contribution in [1.82, 2.24) is 0 Å². The fourth-order valence-corrected chi connectivity index (χ4v) is 5.38. The standard InChI is InChI=1S/C17H26O6/c1-7-5-10-13(8(2)16(21)23-10)15(20)17(4)12(19)6-11(14(7)17)22-9(3)18/h7-8,10-15,19-20H,5-6H2,1-4H3/t7-,8+,10-,11+,12-,13-,14-,15+,17-/m1/s1. The molecule has 2 saturated carbocycles. The summed E-state index contributed by atoms with van der Waals surface area (Å²) in [6.45, 7) is 7.00. The maximum Gasteiger partial charge on any atom is 0.309 e. The Labute approximate surface area is 136 Å². The van der Waals surface area contributed by atoms with Crippen LogP contribution in [0.3, 0.4) is 0 Å². The van der Waals surface area contributed by atoms with Crippen molar-refractivity contribution in [1.29, 1.82) is 0 Å². The van der Waals surface area contributed by atoms with Gasteiger partial charge in [-0.05, 0) is 12.3 Å². The van der Waals surface area contributed by atoms with Crippen molar-refractivity contribution in [3.05, 3.63) is 0 Å². The number of carbonyl (C=O) groups is 2. The van der Waals surface area contributed by atoms with Gasteiger partial charge in [-0.1, -0.05) is 20.8 Å². The van der Waals surface area contributed by atoms with Crippen molar-refractivity contribution >= 4 is 11.9 Å². The quantitative estimate of drug-likeness (QED) is 0.695. The first-order valence-electron chi connectivity index (χ1n) is 8.41. The molecule has 23 heavy (non-hydrogen) atoms. The molecule has 0 radical (unpaired) electrons. The molecule has 6 heteroatoms. The van der Waals surface area contributed by atoms with Gasteiger partial charge in [-0.15, -0.1) is 0 Å². The van der Waals surface area contributed by atoms with Crippen LogP contribution in [0.2, 0.25) is 0 Å². The van der Waals surface area contributed by atoms with E-state index in [1.165, 1.54) is 6.92 Å². The molecule has 1 aliphatic heterocycles. The van der Waals surface area contributed by atoms with E-state index in [0.717, 1.165) is 0 Å². The molecule has 3 rings (SSSR count). The second-order valence-electron chi connectivity index (χ2n) is 7.79. The molecule has 130 valence electrons. The highest BCUT2D eigenvalue weighted by molar-refractivity contribution is 5.75. The van der Waals surface area contributed by atoms with Crippen LogP contribution in [0.4, 0.5) is 0 Å². The molecule has 0 aromatic carbocycles. The molecule has 2 N–H and O–H groups in total. The Morgan fingerprint density at radius 3 is 2.57 bits per heavy atom. The molecule has 0 amide bonds. The lowest BCUT2D eigenvalue weighted by atomic mass is 9.66. The molecule has 1 heterocycles. The van der Waals surface area contributed by atoms with Crippen LogP contribution in [-0.4, -0.2) is 46.6 Å². The third-order valence-electron chi connectivity index (χ3n) is 6.47. The van der Waals surface area contributed by atoms with E-state index in [1.54, 1.807) is 6.92 Å². The number of hydrogen-bond donors (Lipinski definition) is 2. The summed E-state index contributed by atoms with van der Waals surface area (Å²) < 4.78 is 10.9. The monoisotopic (exact) mass is 326 g/mol. The van der Waals surface area contributed by atoms with Crippen LogP contribution in [-0.2, 0) is 19.1 Å². The molecule has 9 atom stereocenters. The van der Waals surface area contributed by atoms with E-state index in [4.69, 9.17) is 9.47 Å². The average molecular weight is 326 g/mol. The third kappa shape index (κ3) is 2.30. The van der Waals surface area contributed by atoms with Gasteiger partial charge in [0, 0.05) is 30.6 Å². The van der Waals surface area contributed by atoms with Gasteiger partial charge >= 0.3 is 11.9 Å². The lowest BCUT2D eigenvalue weighted by Gasteiger charge is -2.42. The first-order valence-corrected chi connectivity index (χ1v) is 8.41. The second-order valence-corrected chi connectivity index (χ2v) is 7.79. The Morgan fingerprint density at radius 1 is 1.30 bits per heavy atom. The number of hydrogen-bond acceptors (Lipinski definition) is 6. The van der Waals surface area contributed by atoms with Gasteiger partial charge in [-0.3, -0.25) is 9.59 Å². The number of ether oxygens (including phenoxy) is 2. The summed E-state index contributed by atoms with van der Waals surface area (Å²) in [7, 11) is 0. The Hall–Kier alpha value is -1.14. The predicted molar refractivity (Wildman–Crippen MR) is 80.1 cm³/mol. The Morgan fingerprint density at radius 2 is 1.96 bits per heavy atom. The number of carbonyl (C=O) groups excluding carboxylic acids is 2. The molecule has 0 aromatic rings. The predicted octanol–water partition coefficient (Wildman–Crippen LogP) is 0.884. The molecule has 0 spiro atoms. The van der Waals surface area contributed by atoms with Gasteiger partial charge in [0.25, 0.3) is 0 Å². The molecule has 0 bridgehead atoms. The summed E-state index contributed by atoms with van der Waals surface area (Å²) in [6.07, 6.45) is -1.47. The summed E-state index contributed by atoms with van der Waals surface area (Å²) in [4.78, 5) is 23.3. The molecular formula is C17H26O6. The van der Waals surface area contributed by atoms with E-state index >= 15 is 0 Å².